The first kappa shape index (κ1) is 14.2. The Labute approximate surface area is 123 Å². The largest absolute Gasteiger partial charge is 0.478 e. The number of carboxylic acid groups (broad SMARTS) is 1. The molecule has 6 heteroatoms. The molecule has 2 rings (SSSR count). The molecule has 0 aliphatic rings. The highest BCUT2D eigenvalue weighted by molar-refractivity contribution is 9.10. The second-order valence-corrected chi connectivity index (χ2v) is 4.85. The SMILES string of the molecule is O=C(O)c1cccc(CNC(=O)c2cccc(Br)n2)c1. The van der Waals surface area contributed by atoms with E-state index in [9.17, 15) is 9.59 Å². The minimum atomic E-state index is -0.994. The molecule has 2 aromatic rings. The lowest BCUT2D eigenvalue weighted by Gasteiger charge is -2.06. The Balaban J connectivity index is 2.03. The zero-order valence-corrected chi connectivity index (χ0v) is 11.9. The van der Waals surface area contributed by atoms with Crippen LogP contribution in [0.4, 0.5) is 0 Å². The number of benzene rings is 1. The van der Waals surface area contributed by atoms with Crippen LogP contribution in [0.2, 0.25) is 0 Å². The fraction of sp³-hybridized carbons (Fsp3) is 0.0714. The third-order valence-electron chi connectivity index (χ3n) is 2.57. The van der Waals surface area contributed by atoms with Gasteiger partial charge in [0.05, 0.1) is 5.56 Å². The fourth-order valence-electron chi connectivity index (χ4n) is 1.62. The summed E-state index contributed by atoms with van der Waals surface area (Å²) in [7, 11) is 0. The molecule has 0 radical (unpaired) electrons. The monoisotopic (exact) mass is 334 g/mol. The molecule has 20 heavy (non-hydrogen) atoms. The van der Waals surface area contributed by atoms with Gasteiger partial charge in [0.15, 0.2) is 0 Å². The Bertz CT molecular complexity index is 658. The molecule has 102 valence electrons. The van der Waals surface area contributed by atoms with Crippen LogP contribution in [-0.2, 0) is 6.54 Å². The normalized spacial score (nSPS) is 10.1. The first-order chi connectivity index (χ1) is 9.56. The summed E-state index contributed by atoms with van der Waals surface area (Å²) in [6.07, 6.45) is 0. The average molecular weight is 335 g/mol. The highest BCUT2D eigenvalue weighted by atomic mass is 79.9. The molecular formula is C14H11BrN2O3. The van der Waals surface area contributed by atoms with E-state index in [1.54, 1.807) is 30.3 Å². The molecule has 0 spiro atoms. The number of carbonyl (C=O) groups excluding carboxylic acids is 1. The van der Waals surface area contributed by atoms with Crippen LogP contribution in [0, 0.1) is 0 Å². The van der Waals surface area contributed by atoms with Gasteiger partial charge in [-0.25, -0.2) is 9.78 Å². The maximum atomic E-state index is 11.9. The molecule has 1 heterocycles. The van der Waals surface area contributed by atoms with Crippen molar-refractivity contribution in [3.8, 4) is 0 Å². The van der Waals surface area contributed by atoms with E-state index in [0.29, 0.717) is 15.9 Å². The number of hydrogen-bond donors (Lipinski definition) is 2. The first-order valence-corrected chi connectivity index (χ1v) is 6.58. The van der Waals surface area contributed by atoms with E-state index in [2.05, 4.69) is 26.2 Å². The summed E-state index contributed by atoms with van der Waals surface area (Å²) in [5.41, 5.74) is 1.21. The van der Waals surface area contributed by atoms with Crippen molar-refractivity contribution in [2.75, 3.05) is 0 Å². The lowest BCUT2D eigenvalue weighted by molar-refractivity contribution is 0.0696. The van der Waals surface area contributed by atoms with Gasteiger partial charge in [0.1, 0.15) is 10.3 Å². The molecule has 0 saturated heterocycles. The zero-order valence-electron chi connectivity index (χ0n) is 10.3. The van der Waals surface area contributed by atoms with Crippen molar-refractivity contribution in [1.29, 1.82) is 0 Å². The predicted octanol–water partition coefficient (Wildman–Crippen LogP) is 2.47. The van der Waals surface area contributed by atoms with Crippen LogP contribution < -0.4 is 5.32 Å². The van der Waals surface area contributed by atoms with Crippen molar-refractivity contribution in [2.24, 2.45) is 0 Å². The van der Waals surface area contributed by atoms with Gasteiger partial charge in [-0.05, 0) is 45.8 Å². The predicted molar refractivity (Wildman–Crippen MR) is 76.5 cm³/mol. The average Bonchev–Trinajstić information content (AvgIpc) is 2.45. The molecule has 0 fully saturated rings. The minimum Gasteiger partial charge on any atom is -0.478 e. The van der Waals surface area contributed by atoms with Crippen LogP contribution in [0.1, 0.15) is 26.4 Å². The van der Waals surface area contributed by atoms with Crippen molar-refractivity contribution in [1.82, 2.24) is 10.3 Å². The molecule has 0 aliphatic heterocycles. The fourth-order valence-corrected chi connectivity index (χ4v) is 1.97. The van der Waals surface area contributed by atoms with Crippen LogP contribution in [0.3, 0.4) is 0 Å². The molecule has 1 amide bonds. The number of halogens is 1. The second kappa shape index (κ2) is 6.29. The molecule has 1 aromatic carbocycles. The van der Waals surface area contributed by atoms with E-state index in [4.69, 9.17) is 5.11 Å². The Morgan fingerprint density at radius 3 is 2.65 bits per heavy atom. The van der Waals surface area contributed by atoms with Crippen molar-refractivity contribution >= 4 is 27.8 Å². The highest BCUT2D eigenvalue weighted by Crippen LogP contribution is 2.08. The third kappa shape index (κ3) is 3.64. The van der Waals surface area contributed by atoms with Crippen molar-refractivity contribution < 1.29 is 14.7 Å². The number of aromatic carboxylic acids is 1. The maximum Gasteiger partial charge on any atom is 0.335 e. The Kier molecular flexibility index (Phi) is 4.47. The number of hydrogen-bond acceptors (Lipinski definition) is 3. The molecule has 0 unspecified atom stereocenters. The number of nitrogens with zero attached hydrogens (tertiary/aromatic N) is 1. The Morgan fingerprint density at radius 1 is 1.20 bits per heavy atom. The number of carboxylic acids is 1. The number of aromatic nitrogens is 1. The van der Waals surface area contributed by atoms with Crippen molar-refractivity contribution in [3.05, 3.63) is 63.9 Å². The summed E-state index contributed by atoms with van der Waals surface area (Å²) >= 11 is 3.20. The molecule has 0 bridgehead atoms. The number of carbonyl (C=O) groups is 2. The van der Waals surface area contributed by atoms with Gasteiger partial charge in [0, 0.05) is 6.54 Å². The van der Waals surface area contributed by atoms with Gasteiger partial charge in [0.25, 0.3) is 5.91 Å². The van der Waals surface area contributed by atoms with E-state index >= 15 is 0 Å². The maximum absolute atomic E-state index is 11.9. The van der Waals surface area contributed by atoms with Crippen molar-refractivity contribution in [2.45, 2.75) is 6.54 Å². The van der Waals surface area contributed by atoms with Gasteiger partial charge in [-0.3, -0.25) is 4.79 Å². The van der Waals surface area contributed by atoms with Crippen LogP contribution in [0.5, 0.6) is 0 Å². The van der Waals surface area contributed by atoms with Gasteiger partial charge in [-0.15, -0.1) is 0 Å². The summed E-state index contributed by atoms with van der Waals surface area (Å²) in [6.45, 7) is 0.244. The minimum absolute atomic E-state index is 0.192. The van der Waals surface area contributed by atoms with Crippen molar-refractivity contribution in [3.63, 3.8) is 0 Å². The molecule has 2 N–H and O–H groups in total. The van der Waals surface area contributed by atoms with Crippen LogP contribution >= 0.6 is 15.9 Å². The number of rotatable bonds is 4. The van der Waals surface area contributed by atoms with Crippen LogP contribution in [0.25, 0.3) is 0 Å². The standard InChI is InChI=1S/C14H11BrN2O3/c15-12-6-2-5-11(17-12)13(18)16-8-9-3-1-4-10(7-9)14(19)20/h1-7H,8H2,(H,16,18)(H,19,20). The van der Waals surface area contributed by atoms with Gasteiger partial charge in [-0.2, -0.15) is 0 Å². The lowest BCUT2D eigenvalue weighted by atomic mass is 10.1. The van der Waals surface area contributed by atoms with E-state index in [1.165, 1.54) is 12.1 Å². The second-order valence-electron chi connectivity index (χ2n) is 4.03. The summed E-state index contributed by atoms with van der Waals surface area (Å²) in [4.78, 5) is 26.8. The zero-order chi connectivity index (χ0) is 14.5. The summed E-state index contributed by atoms with van der Waals surface area (Å²) < 4.78 is 0.582. The summed E-state index contributed by atoms with van der Waals surface area (Å²) in [5, 5.41) is 11.6. The Hall–Kier alpha value is -2.21. The van der Waals surface area contributed by atoms with E-state index < -0.39 is 5.97 Å². The van der Waals surface area contributed by atoms with E-state index in [0.717, 1.165) is 0 Å². The molecule has 1 aromatic heterocycles. The number of amides is 1. The number of pyridine rings is 1. The summed E-state index contributed by atoms with van der Waals surface area (Å²) in [5.74, 6) is -1.31. The molecular weight excluding hydrogens is 324 g/mol. The third-order valence-corrected chi connectivity index (χ3v) is 3.02. The quantitative estimate of drug-likeness (QED) is 0.842. The van der Waals surface area contributed by atoms with Crippen LogP contribution in [0.15, 0.2) is 47.1 Å². The van der Waals surface area contributed by atoms with Gasteiger partial charge in [-0.1, -0.05) is 18.2 Å². The lowest BCUT2D eigenvalue weighted by Crippen LogP contribution is -2.23. The first-order valence-electron chi connectivity index (χ1n) is 5.79. The molecule has 0 atom stereocenters. The molecule has 0 aliphatic carbocycles. The van der Waals surface area contributed by atoms with Gasteiger partial charge in [0.2, 0.25) is 0 Å². The van der Waals surface area contributed by atoms with E-state index in [-0.39, 0.29) is 18.0 Å². The Morgan fingerprint density at radius 2 is 1.95 bits per heavy atom. The van der Waals surface area contributed by atoms with Gasteiger partial charge < -0.3 is 10.4 Å². The van der Waals surface area contributed by atoms with Gasteiger partial charge >= 0.3 is 5.97 Å². The topological polar surface area (TPSA) is 79.3 Å². The van der Waals surface area contributed by atoms with E-state index in [1.807, 2.05) is 0 Å². The smallest absolute Gasteiger partial charge is 0.335 e. The summed E-state index contributed by atoms with van der Waals surface area (Å²) in [6, 6.07) is 11.5. The molecule has 0 saturated carbocycles. The highest BCUT2D eigenvalue weighted by Gasteiger charge is 2.08. The molecule has 5 nitrogen and oxygen atoms in total. The number of nitrogens with one attached hydrogen (secondary N) is 1. The van der Waals surface area contributed by atoms with Crippen LogP contribution in [-0.4, -0.2) is 22.0 Å².